The van der Waals surface area contributed by atoms with Gasteiger partial charge in [-0.25, -0.2) is 4.39 Å². The normalized spacial score (nSPS) is 11.1. The van der Waals surface area contributed by atoms with Crippen molar-refractivity contribution in [2.45, 2.75) is 26.4 Å². The summed E-state index contributed by atoms with van der Waals surface area (Å²) in [6.45, 7) is 0.734. The van der Waals surface area contributed by atoms with E-state index in [1.807, 2.05) is 13.8 Å². The van der Waals surface area contributed by atoms with Crippen LogP contribution >= 0.6 is 0 Å². The van der Waals surface area contributed by atoms with Crippen molar-refractivity contribution in [3.8, 4) is 5.75 Å². The van der Waals surface area contributed by atoms with Crippen LogP contribution in [0.3, 0.4) is 0 Å². The maximum absolute atomic E-state index is 13.2. The monoisotopic (exact) mass is 204 g/mol. The van der Waals surface area contributed by atoms with Crippen molar-refractivity contribution >= 4 is 0 Å². The molecule has 14 heavy (non-hydrogen) atoms. The zero-order chi connectivity index (χ0) is 10.7. The second-order valence-corrected chi connectivity index (χ2v) is 3.22. The zero-order valence-corrected chi connectivity index (χ0v) is 7.93. The molecule has 0 aliphatic rings. The van der Waals surface area contributed by atoms with Gasteiger partial charge in [-0.1, -0.05) is 19.9 Å². The van der Waals surface area contributed by atoms with Gasteiger partial charge in [0.25, 0.3) is 0 Å². The van der Waals surface area contributed by atoms with Crippen LogP contribution in [-0.4, -0.2) is 6.61 Å². The lowest BCUT2D eigenvalue weighted by Crippen LogP contribution is -2.03. The lowest BCUT2D eigenvalue weighted by molar-refractivity contribution is -0.0500. The standard InChI is InChI=1S/C10H11F3O/c1-6(2)8-4-3-7(5-9(8)11)14-10(12)13/h3-6,10H,1-2H3. The van der Waals surface area contributed by atoms with Gasteiger partial charge in [-0.05, 0) is 17.5 Å². The third-order valence-corrected chi connectivity index (χ3v) is 1.82. The molecule has 0 saturated heterocycles. The molecular weight excluding hydrogens is 193 g/mol. The van der Waals surface area contributed by atoms with Gasteiger partial charge in [-0.2, -0.15) is 8.78 Å². The Bertz CT molecular complexity index is 310. The van der Waals surface area contributed by atoms with E-state index in [-0.39, 0.29) is 11.7 Å². The molecule has 0 aromatic heterocycles. The maximum Gasteiger partial charge on any atom is 0.387 e. The maximum atomic E-state index is 13.2. The van der Waals surface area contributed by atoms with Crippen LogP contribution in [0, 0.1) is 5.82 Å². The Labute approximate surface area is 80.5 Å². The van der Waals surface area contributed by atoms with Crippen molar-refractivity contribution in [2.24, 2.45) is 0 Å². The van der Waals surface area contributed by atoms with Gasteiger partial charge in [0.05, 0.1) is 0 Å². The van der Waals surface area contributed by atoms with Gasteiger partial charge in [0.2, 0.25) is 0 Å². The number of hydrogen-bond acceptors (Lipinski definition) is 1. The number of benzene rings is 1. The molecule has 78 valence electrons. The molecule has 1 nitrogen and oxygen atoms in total. The van der Waals surface area contributed by atoms with E-state index in [0.717, 1.165) is 6.07 Å². The van der Waals surface area contributed by atoms with Crippen LogP contribution in [-0.2, 0) is 0 Å². The minimum absolute atomic E-state index is 0.0237. The van der Waals surface area contributed by atoms with Gasteiger partial charge in [-0.3, -0.25) is 0 Å². The van der Waals surface area contributed by atoms with Crippen LogP contribution in [0.15, 0.2) is 18.2 Å². The molecule has 0 bridgehead atoms. The lowest BCUT2D eigenvalue weighted by Gasteiger charge is -2.09. The van der Waals surface area contributed by atoms with Crippen molar-refractivity contribution < 1.29 is 17.9 Å². The number of halogens is 3. The van der Waals surface area contributed by atoms with Crippen molar-refractivity contribution in [3.05, 3.63) is 29.6 Å². The Morgan fingerprint density at radius 2 is 1.86 bits per heavy atom. The van der Waals surface area contributed by atoms with Crippen LogP contribution in [0.5, 0.6) is 5.75 Å². The Morgan fingerprint density at radius 1 is 1.21 bits per heavy atom. The summed E-state index contributed by atoms with van der Waals surface area (Å²) in [5.74, 6) is -0.643. The molecule has 0 saturated carbocycles. The molecule has 0 unspecified atom stereocenters. The Balaban J connectivity index is 2.89. The molecule has 0 aliphatic carbocycles. The molecule has 0 atom stereocenters. The first-order valence-electron chi connectivity index (χ1n) is 4.25. The minimum Gasteiger partial charge on any atom is -0.435 e. The van der Waals surface area contributed by atoms with Crippen LogP contribution in [0.25, 0.3) is 0 Å². The van der Waals surface area contributed by atoms with Gasteiger partial charge in [0.15, 0.2) is 0 Å². The van der Waals surface area contributed by atoms with E-state index in [9.17, 15) is 13.2 Å². The largest absolute Gasteiger partial charge is 0.435 e. The number of alkyl halides is 2. The summed E-state index contributed by atoms with van der Waals surface area (Å²) in [6.07, 6.45) is 0. The highest BCUT2D eigenvalue weighted by atomic mass is 19.3. The third-order valence-electron chi connectivity index (χ3n) is 1.82. The highest BCUT2D eigenvalue weighted by Gasteiger charge is 2.10. The van der Waals surface area contributed by atoms with E-state index in [1.54, 1.807) is 0 Å². The molecule has 1 rings (SSSR count). The minimum atomic E-state index is -2.92. The summed E-state index contributed by atoms with van der Waals surface area (Å²) in [5.41, 5.74) is 0.492. The molecule has 0 N–H and O–H groups in total. The summed E-state index contributed by atoms with van der Waals surface area (Å²) < 4.78 is 40.8. The molecular formula is C10H11F3O. The van der Waals surface area contributed by atoms with E-state index in [0.29, 0.717) is 5.56 Å². The van der Waals surface area contributed by atoms with Gasteiger partial charge in [-0.15, -0.1) is 0 Å². The van der Waals surface area contributed by atoms with E-state index in [2.05, 4.69) is 4.74 Å². The van der Waals surface area contributed by atoms with E-state index >= 15 is 0 Å². The summed E-state index contributed by atoms with van der Waals surface area (Å²) in [6, 6.07) is 3.77. The van der Waals surface area contributed by atoms with Crippen molar-refractivity contribution in [1.29, 1.82) is 0 Å². The highest BCUT2D eigenvalue weighted by molar-refractivity contribution is 5.30. The van der Waals surface area contributed by atoms with Crippen molar-refractivity contribution in [1.82, 2.24) is 0 Å². The van der Waals surface area contributed by atoms with E-state index in [4.69, 9.17) is 0 Å². The van der Waals surface area contributed by atoms with Gasteiger partial charge >= 0.3 is 6.61 Å². The second-order valence-electron chi connectivity index (χ2n) is 3.22. The summed E-state index contributed by atoms with van der Waals surface area (Å²) in [5, 5.41) is 0. The summed E-state index contributed by atoms with van der Waals surface area (Å²) in [7, 11) is 0. The first-order valence-corrected chi connectivity index (χ1v) is 4.25. The highest BCUT2D eigenvalue weighted by Crippen LogP contribution is 2.23. The molecule has 1 aromatic carbocycles. The topological polar surface area (TPSA) is 9.23 Å². The zero-order valence-electron chi connectivity index (χ0n) is 7.93. The van der Waals surface area contributed by atoms with E-state index < -0.39 is 12.4 Å². The average Bonchev–Trinajstić information content (AvgIpc) is 2.01. The third kappa shape index (κ3) is 2.65. The Kier molecular flexibility index (Phi) is 3.38. The van der Waals surface area contributed by atoms with Crippen molar-refractivity contribution in [2.75, 3.05) is 0 Å². The molecule has 1 aromatic rings. The first kappa shape index (κ1) is 10.9. The lowest BCUT2D eigenvalue weighted by atomic mass is 10.0. The first-order chi connectivity index (χ1) is 6.50. The van der Waals surface area contributed by atoms with Crippen molar-refractivity contribution in [3.63, 3.8) is 0 Å². The Hall–Kier alpha value is -1.19. The number of rotatable bonds is 3. The number of hydrogen-bond donors (Lipinski definition) is 0. The molecule has 0 amide bonds. The van der Waals surface area contributed by atoms with Crippen LogP contribution in [0.2, 0.25) is 0 Å². The fourth-order valence-electron chi connectivity index (χ4n) is 1.15. The predicted octanol–water partition coefficient (Wildman–Crippen LogP) is 3.55. The van der Waals surface area contributed by atoms with Crippen LogP contribution in [0.4, 0.5) is 13.2 Å². The molecule has 0 spiro atoms. The number of ether oxygens (including phenoxy) is 1. The quantitative estimate of drug-likeness (QED) is 0.731. The molecule has 0 radical (unpaired) electrons. The smallest absolute Gasteiger partial charge is 0.387 e. The molecule has 4 heteroatoms. The van der Waals surface area contributed by atoms with Gasteiger partial charge in [0.1, 0.15) is 11.6 Å². The van der Waals surface area contributed by atoms with Gasteiger partial charge in [0, 0.05) is 6.07 Å². The van der Waals surface area contributed by atoms with Crippen LogP contribution < -0.4 is 4.74 Å². The predicted molar refractivity (Wildman–Crippen MR) is 47.1 cm³/mol. The SMILES string of the molecule is CC(C)c1ccc(OC(F)F)cc1F. The molecule has 0 fully saturated rings. The fourth-order valence-corrected chi connectivity index (χ4v) is 1.15. The summed E-state index contributed by atoms with van der Waals surface area (Å²) in [4.78, 5) is 0. The average molecular weight is 204 g/mol. The molecule has 0 aliphatic heterocycles. The van der Waals surface area contributed by atoms with E-state index in [1.165, 1.54) is 12.1 Å². The van der Waals surface area contributed by atoms with Gasteiger partial charge < -0.3 is 4.74 Å². The summed E-state index contributed by atoms with van der Waals surface area (Å²) >= 11 is 0. The fraction of sp³-hybridized carbons (Fsp3) is 0.400. The second kappa shape index (κ2) is 4.35. The Morgan fingerprint density at radius 3 is 2.29 bits per heavy atom. The van der Waals surface area contributed by atoms with Crippen LogP contribution in [0.1, 0.15) is 25.3 Å². The molecule has 0 heterocycles.